The number of aliphatic hydroxyl groups excluding tert-OH is 1. The van der Waals surface area contributed by atoms with E-state index in [2.05, 4.69) is 55.4 Å². The molecule has 0 rings (SSSR count). The summed E-state index contributed by atoms with van der Waals surface area (Å²) in [7, 11) is -9.90. The second kappa shape index (κ2) is 60.7. The van der Waals surface area contributed by atoms with Crippen LogP contribution in [0.2, 0.25) is 0 Å². The molecule has 90 heavy (non-hydrogen) atoms. The molecule has 0 radical (unpaired) electrons. The lowest BCUT2D eigenvalue weighted by Crippen LogP contribution is -2.30. The molecule has 0 heterocycles. The number of esters is 4. The molecule has 3 unspecified atom stereocenters. The number of carbonyl (C=O) groups excluding carboxylic acids is 4. The zero-order valence-corrected chi connectivity index (χ0v) is 60.6. The number of unbranched alkanes of at least 4 members (excludes halogenated alkanes) is 34. The van der Waals surface area contributed by atoms with Crippen molar-refractivity contribution in [3.63, 3.8) is 0 Å². The van der Waals surface area contributed by atoms with Gasteiger partial charge >= 0.3 is 39.5 Å². The summed E-state index contributed by atoms with van der Waals surface area (Å²) in [5.74, 6) is 0.816. The van der Waals surface area contributed by atoms with Gasteiger partial charge in [-0.3, -0.25) is 37.3 Å². The highest BCUT2D eigenvalue weighted by molar-refractivity contribution is 7.47. The maximum absolute atomic E-state index is 13.0. The number of aliphatic hydroxyl groups is 1. The standard InChI is InChI=1S/C71H138O17P2/c1-61(2)47-39-31-23-17-14-12-10-9-11-13-15-19-28-37-45-53-70(75)87-66(58-82-69(74)52-44-36-29-21-25-33-41-49-63(5)6)59-85-89(77,78)83-55-65(72)56-84-90(79,80)86-60-67(88-71(76)54-46-38-30-22-26-34-42-50-64(7)8)57-81-68(73)51-43-35-27-20-16-18-24-32-40-48-62(3)4/h61-67,72H,9-60H2,1-8H3,(H,77,78)(H,79,80)/t65?,66-,67-/m1/s1. The van der Waals surface area contributed by atoms with Crippen LogP contribution in [0.4, 0.5) is 0 Å². The van der Waals surface area contributed by atoms with Crippen LogP contribution in [0.3, 0.4) is 0 Å². The van der Waals surface area contributed by atoms with Gasteiger partial charge in [0, 0.05) is 25.7 Å². The first-order chi connectivity index (χ1) is 43.1. The molecule has 0 aliphatic carbocycles. The Balaban J connectivity index is 5.21. The summed E-state index contributed by atoms with van der Waals surface area (Å²) in [5, 5.41) is 10.6. The zero-order valence-electron chi connectivity index (χ0n) is 58.8. The van der Waals surface area contributed by atoms with Crippen molar-refractivity contribution in [2.75, 3.05) is 39.6 Å². The third-order valence-corrected chi connectivity index (χ3v) is 18.2. The SMILES string of the molecule is CC(C)CCCCCCCCCCCCCCCCCC(=O)O[C@H](COC(=O)CCCCCCCCCC(C)C)COP(=O)(O)OCC(O)COP(=O)(O)OC[C@@H](COC(=O)CCCCCCCCCCCC(C)C)OC(=O)CCCCCCCCCC(C)C. The Morgan fingerprint density at radius 1 is 0.278 bits per heavy atom. The Morgan fingerprint density at radius 3 is 0.689 bits per heavy atom. The fourth-order valence-corrected chi connectivity index (χ4v) is 12.2. The Labute approximate surface area is 549 Å². The first-order valence-corrected chi connectivity index (χ1v) is 39.7. The molecule has 0 aromatic carbocycles. The smallest absolute Gasteiger partial charge is 0.462 e. The molecule has 0 aromatic heterocycles. The number of rotatable bonds is 68. The van der Waals surface area contributed by atoms with Crippen molar-refractivity contribution in [2.45, 2.75) is 369 Å². The van der Waals surface area contributed by atoms with Crippen molar-refractivity contribution in [2.24, 2.45) is 23.7 Å². The number of ether oxygens (including phenoxy) is 4. The van der Waals surface area contributed by atoms with Crippen LogP contribution in [0.5, 0.6) is 0 Å². The van der Waals surface area contributed by atoms with Gasteiger partial charge in [0.25, 0.3) is 0 Å². The molecule has 0 saturated carbocycles. The van der Waals surface area contributed by atoms with E-state index in [9.17, 15) is 43.2 Å². The first-order valence-electron chi connectivity index (χ1n) is 36.7. The van der Waals surface area contributed by atoms with Gasteiger partial charge in [-0.2, -0.15) is 0 Å². The summed E-state index contributed by atoms with van der Waals surface area (Å²) >= 11 is 0. The second-order valence-electron chi connectivity index (χ2n) is 27.5. The molecule has 0 aromatic rings. The van der Waals surface area contributed by atoms with Crippen LogP contribution >= 0.6 is 15.6 Å². The van der Waals surface area contributed by atoms with Crippen molar-refractivity contribution >= 4 is 39.5 Å². The maximum Gasteiger partial charge on any atom is 0.472 e. The predicted molar refractivity (Wildman–Crippen MR) is 363 cm³/mol. The molecular weight excluding hydrogens is 1190 g/mol. The summed E-state index contributed by atoms with van der Waals surface area (Å²) in [6.45, 7) is 14.0. The third kappa shape index (κ3) is 64.8. The Kier molecular flexibility index (Phi) is 59.4. The molecule has 19 heteroatoms. The van der Waals surface area contributed by atoms with Crippen molar-refractivity contribution in [3.8, 4) is 0 Å². The normalized spacial score (nSPS) is 14.3. The van der Waals surface area contributed by atoms with Crippen molar-refractivity contribution in [3.05, 3.63) is 0 Å². The number of phosphoric ester groups is 2. The van der Waals surface area contributed by atoms with E-state index in [1.54, 1.807) is 0 Å². The minimum atomic E-state index is -4.95. The minimum Gasteiger partial charge on any atom is -0.462 e. The average Bonchev–Trinajstić information content (AvgIpc) is 3.69. The maximum atomic E-state index is 13.0. The van der Waals surface area contributed by atoms with Crippen LogP contribution in [-0.2, 0) is 65.4 Å². The number of hydrogen-bond donors (Lipinski definition) is 3. The van der Waals surface area contributed by atoms with E-state index in [1.807, 2.05) is 0 Å². The van der Waals surface area contributed by atoms with Gasteiger partial charge in [-0.1, -0.05) is 299 Å². The molecule has 0 saturated heterocycles. The van der Waals surface area contributed by atoms with E-state index >= 15 is 0 Å². The van der Waals surface area contributed by atoms with E-state index in [0.717, 1.165) is 108 Å². The van der Waals surface area contributed by atoms with Gasteiger partial charge in [-0.25, -0.2) is 9.13 Å². The van der Waals surface area contributed by atoms with Crippen LogP contribution in [-0.4, -0.2) is 96.7 Å². The van der Waals surface area contributed by atoms with Gasteiger partial charge in [-0.05, 0) is 49.4 Å². The van der Waals surface area contributed by atoms with Gasteiger partial charge in [-0.15, -0.1) is 0 Å². The highest BCUT2D eigenvalue weighted by Gasteiger charge is 2.30. The Bertz CT molecular complexity index is 1780. The summed E-state index contributed by atoms with van der Waals surface area (Å²) in [6, 6.07) is 0. The molecule has 17 nitrogen and oxygen atoms in total. The largest absolute Gasteiger partial charge is 0.472 e. The molecule has 3 N–H and O–H groups in total. The van der Waals surface area contributed by atoms with Gasteiger partial charge in [0.1, 0.15) is 19.3 Å². The summed E-state index contributed by atoms with van der Waals surface area (Å²) in [5.41, 5.74) is 0. The number of hydrogen-bond acceptors (Lipinski definition) is 15. The lowest BCUT2D eigenvalue weighted by molar-refractivity contribution is -0.161. The monoisotopic (exact) mass is 1320 g/mol. The molecule has 0 spiro atoms. The van der Waals surface area contributed by atoms with E-state index in [-0.39, 0.29) is 25.7 Å². The van der Waals surface area contributed by atoms with E-state index in [0.29, 0.717) is 37.5 Å². The van der Waals surface area contributed by atoms with Crippen molar-refractivity contribution < 1.29 is 80.2 Å². The average molecular weight is 1330 g/mol. The van der Waals surface area contributed by atoms with E-state index in [1.165, 1.54) is 148 Å². The molecule has 0 aliphatic rings. The van der Waals surface area contributed by atoms with Gasteiger partial charge in [0.15, 0.2) is 12.2 Å². The minimum absolute atomic E-state index is 0.103. The fourth-order valence-electron chi connectivity index (χ4n) is 10.7. The lowest BCUT2D eigenvalue weighted by Gasteiger charge is -2.21. The van der Waals surface area contributed by atoms with E-state index in [4.69, 9.17) is 37.0 Å². The molecular formula is C71H138O17P2. The third-order valence-electron chi connectivity index (χ3n) is 16.3. The molecule has 0 aliphatic heterocycles. The molecule has 0 amide bonds. The fraction of sp³-hybridized carbons (Fsp3) is 0.944. The lowest BCUT2D eigenvalue weighted by atomic mass is 10.0. The van der Waals surface area contributed by atoms with Crippen molar-refractivity contribution in [1.82, 2.24) is 0 Å². The second-order valence-corrected chi connectivity index (χ2v) is 30.4. The van der Waals surface area contributed by atoms with Crippen LogP contribution in [0, 0.1) is 23.7 Å². The molecule has 534 valence electrons. The quantitative estimate of drug-likeness (QED) is 0.0222. The first kappa shape index (κ1) is 88.1. The molecule has 5 atom stereocenters. The highest BCUT2D eigenvalue weighted by Crippen LogP contribution is 2.45. The predicted octanol–water partition coefficient (Wildman–Crippen LogP) is 20.1. The zero-order chi connectivity index (χ0) is 66.8. The van der Waals surface area contributed by atoms with Crippen LogP contribution in [0.15, 0.2) is 0 Å². The number of carbonyl (C=O) groups is 4. The van der Waals surface area contributed by atoms with Crippen LogP contribution in [0.1, 0.15) is 351 Å². The van der Waals surface area contributed by atoms with Gasteiger partial charge in [0.2, 0.25) is 0 Å². The number of phosphoric acid groups is 2. The summed E-state index contributed by atoms with van der Waals surface area (Å²) in [6.07, 6.45) is 43.3. The highest BCUT2D eigenvalue weighted by atomic mass is 31.2. The Hall–Kier alpha value is -1.94. The summed E-state index contributed by atoms with van der Waals surface area (Å²) < 4.78 is 68.3. The van der Waals surface area contributed by atoms with Crippen LogP contribution in [0.25, 0.3) is 0 Å². The molecule has 0 fully saturated rings. The van der Waals surface area contributed by atoms with Crippen LogP contribution < -0.4 is 0 Å². The van der Waals surface area contributed by atoms with E-state index < -0.39 is 97.5 Å². The van der Waals surface area contributed by atoms with Gasteiger partial charge < -0.3 is 33.8 Å². The van der Waals surface area contributed by atoms with Crippen molar-refractivity contribution in [1.29, 1.82) is 0 Å². The topological polar surface area (TPSA) is 237 Å². The summed E-state index contributed by atoms with van der Waals surface area (Å²) in [4.78, 5) is 72.5. The Morgan fingerprint density at radius 2 is 0.467 bits per heavy atom. The van der Waals surface area contributed by atoms with Gasteiger partial charge in [0.05, 0.1) is 26.4 Å². The molecule has 0 bridgehead atoms.